The fourth-order valence-corrected chi connectivity index (χ4v) is 4.72. The monoisotopic (exact) mass is 325 g/mol. The van der Waals surface area contributed by atoms with Crippen molar-refractivity contribution in [3.8, 4) is 0 Å². The van der Waals surface area contributed by atoms with Crippen molar-refractivity contribution in [2.45, 2.75) is 23.4 Å². The average Bonchev–Trinajstić information content (AvgIpc) is 2.77. The lowest BCUT2D eigenvalue weighted by molar-refractivity contribution is 0.597. The molecule has 0 fully saturated rings. The Morgan fingerprint density at radius 2 is 2.10 bits per heavy atom. The Balaban J connectivity index is 2.02. The fourth-order valence-electron chi connectivity index (χ4n) is 1.96. The molecule has 0 aliphatic rings. The number of sulfone groups is 1. The zero-order valence-corrected chi connectivity index (χ0v) is 13.7. The smallest absolute Gasteiger partial charge is 0.179 e. The second-order valence-corrected chi connectivity index (χ2v) is 7.99. The lowest BCUT2D eigenvalue weighted by Crippen LogP contribution is -2.10. The molecule has 0 saturated heterocycles. The lowest BCUT2D eigenvalue weighted by atomic mass is 10.2. The van der Waals surface area contributed by atoms with Crippen LogP contribution in [0.4, 0.5) is 0 Å². The van der Waals surface area contributed by atoms with Crippen LogP contribution >= 0.6 is 11.8 Å². The Hall–Kier alpha value is -1.31. The van der Waals surface area contributed by atoms with Gasteiger partial charge < -0.3 is 5.73 Å². The number of hydrogen-bond donors (Lipinski definition) is 1. The summed E-state index contributed by atoms with van der Waals surface area (Å²) in [5, 5.41) is 5.21. The van der Waals surface area contributed by atoms with E-state index in [0.717, 1.165) is 16.3 Å². The molecule has 7 heteroatoms. The molecule has 2 rings (SSSR count). The van der Waals surface area contributed by atoms with E-state index in [1.165, 1.54) is 11.8 Å². The van der Waals surface area contributed by atoms with Crippen molar-refractivity contribution in [3.63, 3.8) is 0 Å². The molecule has 114 valence electrons. The molecule has 0 amide bonds. The van der Waals surface area contributed by atoms with Crippen molar-refractivity contribution < 1.29 is 8.42 Å². The van der Waals surface area contributed by atoms with Gasteiger partial charge in [0, 0.05) is 19.3 Å². The maximum atomic E-state index is 12.3. The van der Waals surface area contributed by atoms with Gasteiger partial charge in [-0.15, -0.1) is 11.8 Å². The number of benzene rings is 1. The molecule has 5 nitrogen and oxygen atoms in total. The van der Waals surface area contributed by atoms with E-state index in [2.05, 4.69) is 5.10 Å². The molecule has 0 aliphatic carbocycles. The second-order valence-electron chi connectivity index (χ2n) is 4.77. The predicted molar refractivity (Wildman–Crippen MR) is 85.1 cm³/mol. The molecule has 1 aromatic heterocycles. The number of aryl methyl sites for hydroxylation is 2. The molecule has 2 N–H and O–H groups in total. The standard InChI is InChI=1S/C14H19N3O2S2/c1-11-8-14(17(2)16-11)20-6-7-21(18,19)13-5-3-4-12(9-13)10-15/h3-5,8-9H,6-7,10,15H2,1-2H3. The van der Waals surface area contributed by atoms with E-state index in [9.17, 15) is 8.42 Å². The van der Waals surface area contributed by atoms with Gasteiger partial charge in [-0.2, -0.15) is 5.10 Å². The molecule has 2 aromatic rings. The highest BCUT2D eigenvalue weighted by atomic mass is 32.2. The first-order valence-electron chi connectivity index (χ1n) is 6.57. The molecule has 0 radical (unpaired) electrons. The average molecular weight is 325 g/mol. The Bertz CT molecular complexity index is 724. The minimum absolute atomic E-state index is 0.0932. The minimum Gasteiger partial charge on any atom is -0.326 e. The number of hydrogen-bond acceptors (Lipinski definition) is 5. The van der Waals surface area contributed by atoms with Crippen LogP contribution in [0, 0.1) is 6.92 Å². The largest absolute Gasteiger partial charge is 0.326 e. The first-order chi connectivity index (χ1) is 9.92. The van der Waals surface area contributed by atoms with Crippen LogP contribution in [-0.4, -0.2) is 29.7 Å². The van der Waals surface area contributed by atoms with Crippen molar-refractivity contribution in [2.24, 2.45) is 12.8 Å². The van der Waals surface area contributed by atoms with E-state index in [1.807, 2.05) is 26.1 Å². The summed E-state index contributed by atoms with van der Waals surface area (Å²) in [6.45, 7) is 2.26. The molecular weight excluding hydrogens is 306 g/mol. The first kappa shape index (κ1) is 16.1. The summed E-state index contributed by atoms with van der Waals surface area (Å²) in [6, 6.07) is 8.77. The maximum absolute atomic E-state index is 12.3. The Morgan fingerprint density at radius 1 is 1.33 bits per heavy atom. The highest BCUT2D eigenvalue weighted by Crippen LogP contribution is 2.20. The summed E-state index contributed by atoms with van der Waals surface area (Å²) in [7, 11) is -1.42. The summed E-state index contributed by atoms with van der Waals surface area (Å²) < 4.78 is 26.4. The van der Waals surface area contributed by atoms with Crippen molar-refractivity contribution in [1.29, 1.82) is 0 Å². The zero-order chi connectivity index (χ0) is 15.5. The van der Waals surface area contributed by atoms with Crippen LogP contribution in [0.2, 0.25) is 0 Å². The number of nitrogens with zero attached hydrogens (tertiary/aromatic N) is 2. The fraction of sp³-hybridized carbons (Fsp3) is 0.357. The predicted octanol–water partition coefficient (Wildman–Crippen LogP) is 1.75. The van der Waals surface area contributed by atoms with Gasteiger partial charge in [-0.3, -0.25) is 4.68 Å². The van der Waals surface area contributed by atoms with Gasteiger partial charge in [-0.1, -0.05) is 12.1 Å². The maximum Gasteiger partial charge on any atom is 0.179 e. The van der Waals surface area contributed by atoms with E-state index < -0.39 is 9.84 Å². The quantitative estimate of drug-likeness (QED) is 0.819. The molecule has 0 bridgehead atoms. The van der Waals surface area contributed by atoms with Gasteiger partial charge >= 0.3 is 0 Å². The van der Waals surface area contributed by atoms with Crippen LogP contribution in [0.3, 0.4) is 0 Å². The third-order valence-corrected chi connectivity index (χ3v) is 6.11. The Morgan fingerprint density at radius 3 is 2.71 bits per heavy atom. The molecule has 21 heavy (non-hydrogen) atoms. The van der Waals surface area contributed by atoms with Crippen LogP contribution < -0.4 is 5.73 Å². The lowest BCUT2D eigenvalue weighted by Gasteiger charge is -2.06. The molecule has 1 heterocycles. The number of thioether (sulfide) groups is 1. The molecule has 0 unspecified atom stereocenters. The third-order valence-electron chi connectivity index (χ3n) is 3.05. The number of aromatic nitrogens is 2. The Labute approximate surface area is 129 Å². The van der Waals surface area contributed by atoms with Crippen molar-refractivity contribution in [3.05, 3.63) is 41.6 Å². The van der Waals surface area contributed by atoms with E-state index in [-0.39, 0.29) is 5.75 Å². The zero-order valence-electron chi connectivity index (χ0n) is 12.1. The van der Waals surface area contributed by atoms with Gasteiger partial charge in [0.2, 0.25) is 0 Å². The molecule has 0 spiro atoms. The number of nitrogens with two attached hydrogens (primary N) is 1. The van der Waals surface area contributed by atoms with E-state index in [0.29, 0.717) is 17.2 Å². The molecule has 1 aromatic carbocycles. The molecule has 0 atom stereocenters. The van der Waals surface area contributed by atoms with Gasteiger partial charge in [0.15, 0.2) is 9.84 Å². The van der Waals surface area contributed by atoms with E-state index in [1.54, 1.807) is 22.9 Å². The highest BCUT2D eigenvalue weighted by Gasteiger charge is 2.15. The summed E-state index contributed by atoms with van der Waals surface area (Å²) in [5.74, 6) is 0.587. The van der Waals surface area contributed by atoms with Crippen LogP contribution in [0.25, 0.3) is 0 Å². The van der Waals surface area contributed by atoms with Crippen molar-refractivity contribution >= 4 is 21.6 Å². The van der Waals surface area contributed by atoms with Crippen molar-refractivity contribution in [2.75, 3.05) is 11.5 Å². The van der Waals surface area contributed by atoms with Gasteiger partial charge in [0.05, 0.1) is 21.4 Å². The molecule has 0 saturated carbocycles. The SMILES string of the molecule is Cc1cc(SCCS(=O)(=O)c2cccc(CN)c2)n(C)n1. The third kappa shape index (κ3) is 4.09. The van der Waals surface area contributed by atoms with Gasteiger partial charge in [-0.25, -0.2) is 8.42 Å². The summed E-state index contributed by atoms with van der Waals surface area (Å²) in [4.78, 5) is 0.340. The summed E-state index contributed by atoms with van der Waals surface area (Å²) in [5.41, 5.74) is 7.30. The van der Waals surface area contributed by atoms with Gasteiger partial charge in [0.1, 0.15) is 0 Å². The van der Waals surface area contributed by atoms with E-state index in [4.69, 9.17) is 5.73 Å². The topological polar surface area (TPSA) is 78.0 Å². The van der Waals surface area contributed by atoms with Crippen LogP contribution in [0.5, 0.6) is 0 Å². The van der Waals surface area contributed by atoms with Crippen LogP contribution in [0.15, 0.2) is 40.3 Å². The normalized spacial score (nSPS) is 11.8. The minimum atomic E-state index is -3.28. The summed E-state index contributed by atoms with van der Waals surface area (Å²) in [6.07, 6.45) is 0. The Kier molecular flexibility index (Phi) is 5.08. The summed E-state index contributed by atoms with van der Waals surface area (Å²) >= 11 is 1.50. The van der Waals surface area contributed by atoms with Crippen LogP contribution in [0.1, 0.15) is 11.3 Å². The molecular formula is C14H19N3O2S2. The van der Waals surface area contributed by atoms with Crippen molar-refractivity contribution in [1.82, 2.24) is 9.78 Å². The van der Waals surface area contributed by atoms with Gasteiger partial charge in [0.25, 0.3) is 0 Å². The molecule has 0 aliphatic heterocycles. The van der Waals surface area contributed by atoms with Crippen LogP contribution in [-0.2, 0) is 23.4 Å². The van der Waals surface area contributed by atoms with E-state index >= 15 is 0 Å². The highest BCUT2D eigenvalue weighted by molar-refractivity contribution is 8.00. The second kappa shape index (κ2) is 6.64. The van der Waals surface area contributed by atoms with Gasteiger partial charge in [-0.05, 0) is 30.7 Å². The number of rotatable bonds is 6. The first-order valence-corrected chi connectivity index (χ1v) is 9.21.